The summed E-state index contributed by atoms with van der Waals surface area (Å²) in [4.78, 5) is 10.1. The predicted molar refractivity (Wildman–Crippen MR) is 80.5 cm³/mol. The Balaban J connectivity index is 2.20. The van der Waals surface area contributed by atoms with Crippen molar-refractivity contribution in [3.63, 3.8) is 0 Å². The van der Waals surface area contributed by atoms with E-state index in [4.69, 9.17) is 28.0 Å². The number of aliphatic imine (C=N–C) groups is 1. The van der Waals surface area contributed by atoms with Crippen LogP contribution in [0.1, 0.15) is 25.8 Å². The van der Waals surface area contributed by atoms with Crippen LogP contribution in [0, 0.1) is 0 Å². The minimum absolute atomic E-state index is 0.0885. The van der Waals surface area contributed by atoms with Crippen LogP contribution in [0.4, 0.5) is 0 Å². The van der Waals surface area contributed by atoms with Crippen LogP contribution in [0.5, 0.6) is 0 Å². The molecule has 1 aliphatic heterocycles. The van der Waals surface area contributed by atoms with Crippen molar-refractivity contribution in [3.8, 4) is 0 Å². The molecule has 0 fully saturated rings. The molecule has 1 atom stereocenters. The first-order valence-corrected chi connectivity index (χ1v) is 7.05. The second kappa shape index (κ2) is 6.42. The van der Waals surface area contributed by atoms with Gasteiger partial charge in [0.1, 0.15) is 0 Å². The zero-order chi connectivity index (χ0) is 13.8. The van der Waals surface area contributed by atoms with Crippen LogP contribution in [-0.4, -0.2) is 23.7 Å². The first kappa shape index (κ1) is 14.4. The molecule has 19 heavy (non-hydrogen) atoms. The normalized spacial score (nSPS) is 19.3. The van der Waals surface area contributed by atoms with Crippen molar-refractivity contribution in [1.29, 1.82) is 0 Å². The number of hydrogen-bond acceptors (Lipinski definition) is 3. The lowest BCUT2D eigenvalue weighted by molar-refractivity contribution is -0.118. The number of benzene rings is 1. The lowest BCUT2D eigenvalue weighted by Crippen LogP contribution is -2.25. The molecule has 0 aromatic heterocycles. The van der Waals surface area contributed by atoms with Gasteiger partial charge in [0.05, 0.1) is 10.0 Å². The van der Waals surface area contributed by atoms with Crippen molar-refractivity contribution in [1.82, 2.24) is 5.06 Å². The van der Waals surface area contributed by atoms with Gasteiger partial charge in [0.25, 0.3) is 0 Å². The van der Waals surface area contributed by atoms with Crippen LogP contribution in [-0.2, 0) is 4.84 Å². The van der Waals surface area contributed by atoms with E-state index in [1.165, 1.54) is 0 Å². The van der Waals surface area contributed by atoms with Gasteiger partial charge in [-0.25, -0.2) is 14.9 Å². The first-order chi connectivity index (χ1) is 9.15. The SMILES string of the molecule is CCC1N=C(/C=C/c2cccc(Cl)c2Cl)N(CC)O1. The summed E-state index contributed by atoms with van der Waals surface area (Å²) in [7, 11) is 0. The first-order valence-electron chi connectivity index (χ1n) is 6.30. The molecule has 3 nitrogen and oxygen atoms in total. The fourth-order valence-electron chi connectivity index (χ4n) is 1.78. The molecule has 1 aliphatic rings. The molecular weight excluding hydrogens is 283 g/mol. The molecule has 0 aliphatic carbocycles. The minimum Gasteiger partial charge on any atom is -0.245 e. The third-order valence-corrected chi connectivity index (χ3v) is 3.64. The van der Waals surface area contributed by atoms with E-state index in [0.29, 0.717) is 10.0 Å². The van der Waals surface area contributed by atoms with Gasteiger partial charge in [0, 0.05) is 6.54 Å². The zero-order valence-corrected chi connectivity index (χ0v) is 12.4. The van der Waals surface area contributed by atoms with E-state index in [2.05, 4.69) is 4.99 Å². The Kier molecular flexibility index (Phi) is 4.86. The average Bonchev–Trinajstić information content (AvgIpc) is 2.83. The van der Waals surface area contributed by atoms with Gasteiger partial charge >= 0.3 is 0 Å². The largest absolute Gasteiger partial charge is 0.245 e. The van der Waals surface area contributed by atoms with Crippen LogP contribution < -0.4 is 0 Å². The standard InChI is InChI=1S/C14H16Cl2N2O/c1-3-13-17-12(18(4-2)19-13)9-8-10-6-5-7-11(15)14(10)16/h5-9,13H,3-4H2,1-2H3/b9-8+. The molecule has 1 aromatic rings. The minimum atomic E-state index is -0.0885. The van der Waals surface area contributed by atoms with E-state index >= 15 is 0 Å². The smallest absolute Gasteiger partial charge is 0.177 e. The molecule has 2 rings (SSSR count). The summed E-state index contributed by atoms with van der Waals surface area (Å²) < 4.78 is 0. The molecule has 0 saturated carbocycles. The predicted octanol–water partition coefficient (Wildman–Crippen LogP) is 4.41. The van der Waals surface area contributed by atoms with Gasteiger partial charge in [-0.15, -0.1) is 0 Å². The highest BCUT2D eigenvalue weighted by Crippen LogP contribution is 2.26. The van der Waals surface area contributed by atoms with E-state index in [-0.39, 0.29) is 6.23 Å². The number of hydrogen-bond donors (Lipinski definition) is 0. The molecule has 102 valence electrons. The third-order valence-electron chi connectivity index (χ3n) is 2.81. The van der Waals surface area contributed by atoms with Gasteiger partial charge in [-0.2, -0.15) is 0 Å². The van der Waals surface area contributed by atoms with E-state index in [0.717, 1.165) is 24.4 Å². The zero-order valence-electron chi connectivity index (χ0n) is 10.9. The lowest BCUT2D eigenvalue weighted by atomic mass is 10.2. The Morgan fingerprint density at radius 3 is 2.79 bits per heavy atom. The number of halogens is 2. The van der Waals surface area contributed by atoms with Crippen LogP contribution in [0.25, 0.3) is 6.08 Å². The Morgan fingerprint density at radius 2 is 2.11 bits per heavy atom. The van der Waals surface area contributed by atoms with Crippen LogP contribution >= 0.6 is 23.2 Å². The van der Waals surface area contributed by atoms with E-state index in [9.17, 15) is 0 Å². The molecule has 1 heterocycles. The van der Waals surface area contributed by atoms with Gasteiger partial charge in [0.2, 0.25) is 0 Å². The highest BCUT2D eigenvalue weighted by Gasteiger charge is 2.21. The summed E-state index contributed by atoms with van der Waals surface area (Å²) in [5.41, 5.74) is 0.868. The summed E-state index contributed by atoms with van der Waals surface area (Å²) in [5.74, 6) is 0.811. The van der Waals surface area contributed by atoms with Gasteiger partial charge in [0.15, 0.2) is 12.1 Å². The number of nitrogens with zero attached hydrogens (tertiary/aromatic N) is 2. The molecule has 5 heteroatoms. The molecule has 0 radical (unpaired) electrons. The highest BCUT2D eigenvalue weighted by molar-refractivity contribution is 6.42. The topological polar surface area (TPSA) is 24.8 Å². The summed E-state index contributed by atoms with van der Waals surface area (Å²) in [5, 5.41) is 2.88. The second-order valence-corrected chi connectivity index (χ2v) is 4.91. The van der Waals surface area contributed by atoms with Crippen molar-refractivity contribution in [2.75, 3.05) is 6.54 Å². The molecule has 0 saturated heterocycles. The van der Waals surface area contributed by atoms with Gasteiger partial charge in [-0.05, 0) is 37.1 Å². The number of amidine groups is 1. The van der Waals surface area contributed by atoms with Crippen LogP contribution in [0.15, 0.2) is 29.3 Å². The third kappa shape index (κ3) is 3.30. The van der Waals surface area contributed by atoms with E-state index < -0.39 is 0 Å². The molecule has 0 N–H and O–H groups in total. The summed E-state index contributed by atoms with van der Waals surface area (Å²) >= 11 is 12.1. The Hall–Kier alpha value is -1.03. The quantitative estimate of drug-likeness (QED) is 0.822. The van der Waals surface area contributed by atoms with Crippen LogP contribution in [0.2, 0.25) is 10.0 Å². The second-order valence-electron chi connectivity index (χ2n) is 4.13. The molecule has 1 aromatic carbocycles. The van der Waals surface area contributed by atoms with Crippen molar-refractivity contribution in [3.05, 3.63) is 39.9 Å². The van der Waals surface area contributed by atoms with Gasteiger partial charge < -0.3 is 0 Å². The molecule has 0 bridgehead atoms. The number of rotatable bonds is 4. The molecule has 0 amide bonds. The van der Waals surface area contributed by atoms with Crippen molar-refractivity contribution in [2.45, 2.75) is 26.5 Å². The molecular formula is C14H16Cl2N2O. The van der Waals surface area contributed by atoms with Gasteiger partial charge in [-0.3, -0.25) is 0 Å². The highest BCUT2D eigenvalue weighted by atomic mass is 35.5. The monoisotopic (exact) mass is 298 g/mol. The summed E-state index contributed by atoms with van der Waals surface area (Å²) in [6.45, 7) is 4.82. The van der Waals surface area contributed by atoms with E-state index in [1.807, 2.05) is 38.1 Å². The fraction of sp³-hybridized carbons (Fsp3) is 0.357. The Morgan fingerprint density at radius 1 is 1.32 bits per heavy atom. The Bertz CT molecular complexity index is 514. The maximum absolute atomic E-state index is 6.14. The average molecular weight is 299 g/mol. The maximum Gasteiger partial charge on any atom is 0.177 e. The summed E-state index contributed by atoms with van der Waals surface area (Å²) in [6.07, 6.45) is 4.56. The number of hydroxylamine groups is 2. The molecule has 1 unspecified atom stereocenters. The van der Waals surface area contributed by atoms with E-state index in [1.54, 1.807) is 11.1 Å². The number of likely N-dealkylation sites (N-methyl/N-ethyl adjacent to an activating group) is 1. The summed E-state index contributed by atoms with van der Waals surface area (Å²) in [6, 6.07) is 5.55. The van der Waals surface area contributed by atoms with Crippen molar-refractivity contribution >= 4 is 35.1 Å². The maximum atomic E-state index is 6.14. The van der Waals surface area contributed by atoms with Crippen molar-refractivity contribution < 1.29 is 4.84 Å². The van der Waals surface area contributed by atoms with Gasteiger partial charge in [-0.1, -0.05) is 42.3 Å². The van der Waals surface area contributed by atoms with Crippen molar-refractivity contribution in [2.24, 2.45) is 4.99 Å². The fourth-order valence-corrected chi connectivity index (χ4v) is 2.15. The Labute approximate surface area is 123 Å². The lowest BCUT2D eigenvalue weighted by Gasteiger charge is -2.15. The van der Waals surface area contributed by atoms with Crippen LogP contribution in [0.3, 0.4) is 0 Å². The molecule has 0 spiro atoms.